The summed E-state index contributed by atoms with van der Waals surface area (Å²) in [4.78, 5) is 9.36. The van der Waals surface area contributed by atoms with Gasteiger partial charge in [-0.2, -0.15) is 0 Å². The van der Waals surface area contributed by atoms with E-state index in [-0.39, 0.29) is 6.29 Å². The predicted octanol–water partition coefficient (Wildman–Crippen LogP) is 1.35. The van der Waals surface area contributed by atoms with Crippen LogP contribution in [0.3, 0.4) is 0 Å². The standard InChI is InChI=1S/C12H21N3O2S/c1-14-5-6-15(2)10(7-14)11-13-9(8-18-11)12(16-3)17-4/h8,10,12H,5-7H2,1-4H3. The van der Waals surface area contributed by atoms with Crippen LogP contribution in [-0.2, 0) is 9.47 Å². The average Bonchev–Trinajstić information content (AvgIpc) is 2.83. The molecule has 0 aliphatic carbocycles. The lowest BCUT2D eigenvalue weighted by molar-refractivity contribution is -0.108. The van der Waals surface area contributed by atoms with Gasteiger partial charge in [0.25, 0.3) is 0 Å². The van der Waals surface area contributed by atoms with E-state index in [1.54, 1.807) is 25.6 Å². The van der Waals surface area contributed by atoms with E-state index < -0.39 is 0 Å². The molecule has 1 fully saturated rings. The third-order valence-electron chi connectivity index (χ3n) is 3.35. The summed E-state index contributed by atoms with van der Waals surface area (Å²) in [5.41, 5.74) is 0.863. The van der Waals surface area contributed by atoms with Crippen molar-refractivity contribution in [3.05, 3.63) is 16.1 Å². The first kappa shape index (κ1) is 13.9. The van der Waals surface area contributed by atoms with Crippen LogP contribution in [0.4, 0.5) is 0 Å². The summed E-state index contributed by atoms with van der Waals surface area (Å²) < 4.78 is 10.5. The van der Waals surface area contributed by atoms with Gasteiger partial charge in [0.2, 0.25) is 6.29 Å². The number of rotatable bonds is 4. The number of methoxy groups -OCH3 is 2. The molecule has 1 unspecified atom stereocenters. The molecule has 0 bridgehead atoms. The number of piperazine rings is 1. The van der Waals surface area contributed by atoms with Gasteiger partial charge in [-0.3, -0.25) is 4.90 Å². The summed E-state index contributed by atoms with van der Waals surface area (Å²) in [5, 5.41) is 3.16. The number of hydrogen-bond acceptors (Lipinski definition) is 6. The maximum Gasteiger partial charge on any atom is 0.201 e. The molecule has 102 valence electrons. The molecule has 0 radical (unpaired) electrons. The second kappa shape index (κ2) is 6.08. The number of thiazole rings is 1. The second-order valence-corrected chi connectivity index (χ2v) is 5.56. The zero-order valence-electron chi connectivity index (χ0n) is 11.4. The van der Waals surface area contributed by atoms with Gasteiger partial charge in [0, 0.05) is 39.2 Å². The molecule has 6 heteroatoms. The fourth-order valence-corrected chi connectivity index (χ4v) is 3.15. The number of hydrogen-bond donors (Lipinski definition) is 0. The van der Waals surface area contributed by atoms with Crippen molar-refractivity contribution in [2.75, 3.05) is 47.9 Å². The molecule has 2 rings (SSSR count). The van der Waals surface area contributed by atoms with E-state index in [0.29, 0.717) is 6.04 Å². The van der Waals surface area contributed by atoms with E-state index in [4.69, 9.17) is 9.47 Å². The molecule has 1 aliphatic rings. The number of ether oxygens (including phenoxy) is 2. The Morgan fingerprint density at radius 2 is 2.06 bits per heavy atom. The number of nitrogens with zero attached hydrogens (tertiary/aromatic N) is 3. The van der Waals surface area contributed by atoms with Gasteiger partial charge >= 0.3 is 0 Å². The van der Waals surface area contributed by atoms with Gasteiger partial charge in [-0.05, 0) is 14.1 Å². The highest BCUT2D eigenvalue weighted by molar-refractivity contribution is 7.09. The topological polar surface area (TPSA) is 37.8 Å². The molecule has 2 heterocycles. The van der Waals surface area contributed by atoms with Crippen LogP contribution < -0.4 is 0 Å². The minimum Gasteiger partial charge on any atom is -0.350 e. The molecule has 0 aromatic carbocycles. The highest BCUT2D eigenvalue weighted by Crippen LogP contribution is 2.28. The van der Waals surface area contributed by atoms with Crippen LogP contribution in [0.25, 0.3) is 0 Å². The van der Waals surface area contributed by atoms with E-state index in [2.05, 4.69) is 28.9 Å². The lowest BCUT2D eigenvalue weighted by atomic mass is 10.2. The highest BCUT2D eigenvalue weighted by atomic mass is 32.1. The molecular weight excluding hydrogens is 250 g/mol. The molecule has 0 saturated carbocycles. The van der Waals surface area contributed by atoms with Crippen LogP contribution in [0.5, 0.6) is 0 Å². The van der Waals surface area contributed by atoms with Crippen molar-refractivity contribution in [1.82, 2.24) is 14.8 Å². The Morgan fingerprint density at radius 3 is 2.72 bits per heavy atom. The number of aromatic nitrogens is 1. The Morgan fingerprint density at radius 1 is 1.33 bits per heavy atom. The van der Waals surface area contributed by atoms with Crippen LogP contribution in [0, 0.1) is 0 Å². The quantitative estimate of drug-likeness (QED) is 0.773. The predicted molar refractivity (Wildman–Crippen MR) is 71.7 cm³/mol. The normalized spacial score (nSPS) is 22.8. The van der Waals surface area contributed by atoms with Crippen LogP contribution in [-0.4, -0.2) is 62.7 Å². The fourth-order valence-electron chi connectivity index (χ4n) is 2.18. The van der Waals surface area contributed by atoms with E-state index >= 15 is 0 Å². The van der Waals surface area contributed by atoms with Crippen LogP contribution in [0.2, 0.25) is 0 Å². The van der Waals surface area contributed by atoms with Crippen LogP contribution >= 0.6 is 11.3 Å². The Balaban J connectivity index is 2.13. The van der Waals surface area contributed by atoms with Crippen LogP contribution in [0.15, 0.2) is 5.38 Å². The summed E-state index contributed by atoms with van der Waals surface area (Å²) in [5.74, 6) is 0. The highest BCUT2D eigenvalue weighted by Gasteiger charge is 2.27. The smallest absolute Gasteiger partial charge is 0.201 e. The van der Waals surface area contributed by atoms with Gasteiger partial charge in [0.1, 0.15) is 10.7 Å². The van der Waals surface area contributed by atoms with E-state index in [9.17, 15) is 0 Å². The zero-order chi connectivity index (χ0) is 13.1. The van der Waals surface area contributed by atoms with Gasteiger partial charge < -0.3 is 14.4 Å². The van der Waals surface area contributed by atoms with Crippen molar-refractivity contribution in [2.45, 2.75) is 12.3 Å². The number of likely N-dealkylation sites (N-methyl/N-ethyl adjacent to an activating group) is 2. The van der Waals surface area contributed by atoms with Crippen molar-refractivity contribution in [3.8, 4) is 0 Å². The van der Waals surface area contributed by atoms with Crippen molar-refractivity contribution >= 4 is 11.3 Å². The summed E-state index contributed by atoms with van der Waals surface area (Å²) in [6, 6.07) is 0.372. The van der Waals surface area contributed by atoms with Gasteiger partial charge in [0.15, 0.2) is 0 Å². The molecule has 0 amide bonds. The third kappa shape index (κ3) is 2.89. The van der Waals surface area contributed by atoms with Crippen molar-refractivity contribution in [2.24, 2.45) is 0 Å². The van der Waals surface area contributed by atoms with E-state index in [1.807, 2.05) is 5.38 Å². The molecule has 0 spiro atoms. The molecule has 5 nitrogen and oxygen atoms in total. The summed E-state index contributed by atoms with van der Waals surface area (Å²) in [7, 11) is 7.58. The zero-order valence-corrected chi connectivity index (χ0v) is 12.2. The van der Waals surface area contributed by atoms with E-state index in [0.717, 1.165) is 30.3 Å². The summed E-state index contributed by atoms with van der Waals surface area (Å²) in [6.07, 6.45) is -0.360. The lowest BCUT2D eigenvalue weighted by Gasteiger charge is -2.36. The average molecular weight is 271 g/mol. The third-order valence-corrected chi connectivity index (χ3v) is 4.31. The minimum atomic E-state index is -0.360. The first-order chi connectivity index (χ1) is 8.65. The van der Waals surface area contributed by atoms with Gasteiger partial charge in [0.05, 0.1) is 6.04 Å². The molecule has 18 heavy (non-hydrogen) atoms. The molecule has 0 N–H and O–H groups in total. The van der Waals surface area contributed by atoms with Crippen molar-refractivity contribution < 1.29 is 9.47 Å². The van der Waals surface area contributed by atoms with Gasteiger partial charge in [-0.1, -0.05) is 0 Å². The Bertz CT molecular complexity index is 381. The molecule has 1 atom stereocenters. The molecule has 1 saturated heterocycles. The largest absolute Gasteiger partial charge is 0.350 e. The van der Waals surface area contributed by atoms with Gasteiger partial charge in [-0.15, -0.1) is 11.3 Å². The van der Waals surface area contributed by atoms with Crippen molar-refractivity contribution in [3.63, 3.8) is 0 Å². The first-order valence-corrected chi connectivity index (χ1v) is 6.93. The minimum absolute atomic E-state index is 0.360. The Hall–Kier alpha value is -0.530. The van der Waals surface area contributed by atoms with Crippen molar-refractivity contribution in [1.29, 1.82) is 0 Å². The summed E-state index contributed by atoms with van der Waals surface area (Å²) in [6.45, 7) is 3.21. The maximum atomic E-state index is 5.23. The molecular formula is C12H21N3O2S. The maximum absolute atomic E-state index is 5.23. The molecule has 1 aliphatic heterocycles. The fraction of sp³-hybridized carbons (Fsp3) is 0.750. The SMILES string of the molecule is COC(OC)c1csc(C2CN(C)CCN2C)n1. The lowest BCUT2D eigenvalue weighted by Crippen LogP contribution is -2.44. The van der Waals surface area contributed by atoms with Crippen LogP contribution in [0.1, 0.15) is 23.0 Å². The van der Waals surface area contributed by atoms with Gasteiger partial charge in [-0.25, -0.2) is 4.98 Å². The molecule has 1 aromatic rings. The monoisotopic (exact) mass is 271 g/mol. The van der Waals surface area contributed by atoms with E-state index in [1.165, 1.54) is 0 Å². The first-order valence-electron chi connectivity index (χ1n) is 6.05. The Kier molecular flexibility index (Phi) is 4.69. The Labute approximate surface area is 112 Å². The molecule has 1 aromatic heterocycles. The summed E-state index contributed by atoms with van der Waals surface area (Å²) >= 11 is 1.68. The second-order valence-electron chi connectivity index (χ2n) is 4.67.